The van der Waals surface area contributed by atoms with Crippen LogP contribution in [-0.4, -0.2) is 24.7 Å². The summed E-state index contributed by atoms with van der Waals surface area (Å²) in [5.74, 6) is 0.127. The van der Waals surface area contributed by atoms with Crippen molar-refractivity contribution in [2.24, 2.45) is 0 Å². The molecule has 0 heterocycles. The van der Waals surface area contributed by atoms with Crippen molar-refractivity contribution in [1.29, 1.82) is 0 Å². The number of carbonyl (C=O) groups excluding carboxylic acids is 2. The van der Waals surface area contributed by atoms with E-state index in [0.717, 1.165) is 33.6 Å². The van der Waals surface area contributed by atoms with E-state index >= 15 is 0 Å². The Bertz CT molecular complexity index is 1290. The van der Waals surface area contributed by atoms with Crippen LogP contribution in [0.25, 0.3) is 0 Å². The quantitative estimate of drug-likeness (QED) is 0.101. The first kappa shape index (κ1) is 31.3. The molecule has 1 radical (unpaired) electrons. The molecule has 0 aliphatic carbocycles. The van der Waals surface area contributed by atoms with Crippen LogP contribution in [0, 0.1) is 0 Å². The predicted molar refractivity (Wildman–Crippen MR) is 163 cm³/mol. The summed E-state index contributed by atoms with van der Waals surface area (Å²) >= 11 is 0. The average molecular weight is 592 g/mol. The number of nitrogens with one attached hydrogen (secondary N) is 2. The van der Waals surface area contributed by atoms with Crippen LogP contribution < -0.4 is 10.6 Å². The van der Waals surface area contributed by atoms with Gasteiger partial charge in [0.2, 0.25) is 0 Å². The zero-order valence-corrected chi connectivity index (χ0v) is 24.0. The molecule has 0 aromatic heterocycles. The molecular formula is C36H36CuN2O2+2. The Morgan fingerprint density at radius 3 is 1.00 bits per heavy atom. The van der Waals surface area contributed by atoms with Gasteiger partial charge in [0.05, 0.1) is 0 Å². The second-order valence-corrected chi connectivity index (χ2v) is 9.77. The third-order valence-corrected chi connectivity index (χ3v) is 6.42. The van der Waals surface area contributed by atoms with E-state index in [4.69, 9.17) is 0 Å². The fourth-order valence-corrected chi connectivity index (χ4v) is 4.49. The average Bonchev–Trinajstić information content (AvgIpc) is 2.97. The van der Waals surface area contributed by atoms with E-state index in [0.29, 0.717) is 38.8 Å². The molecule has 0 aliphatic rings. The molecule has 0 amide bonds. The molecule has 211 valence electrons. The van der Waals surface area contributed by atoms with Crippen LogP contribution in [-0.2, 0) is 52.3 Å². The van der Waals surface area contributed by atoms with Crippen LogP contribution in [0.15, 0.2) is 145 Å². The molecule has 0 aliphatic heterocycles. The van der Waals surface area contributed by atoms with Gasteiger partial charge < -0.3 is 10.6 Å². The van der Waals surface area contributed by atoms with Gasteiger partial charge in [-0.05, 0) is 22.3 Å². The summed E-state index contributed by atoms with van der Waals surface area (Å²) in [5, 5.41) is 6.93. The van der Waals surface area contributed by atoms with E-state index in [1.807, 2.05) is 97.1 Å². The largest absolute Gasteiger partial charge is 2.00 e. The zero-order valence-electron chi connectivity index (χ0n) is 23.1. The third kappa shape index (κ3) is 11.8. The molecular weight excluding hydrogens is 556 g/mol. The molecule has 0 saturated heterocycles. The van der Waals surface area contributed by atoms with E-state index in [2.05, 4.69) is 34.9 Å². The molecule has 0 saturated carbocycles. The smallest absolute Gasteiger partial charge is 0.386 e. The van der Waals surface area contributed by atoms with Gasteiger partial charge >= 0.3 is 17.1 Å². The maximum absolute atomic E-state index is 12.8. The van der Waals surface area contributed by atoms with Crippen molar-refractivity contribution in [2.45, 2.75) is 25.7 Å². The van der Waals surface area contributed by atoms with Gasteiger partial charge in [-0.1, -0.05) is 121 Å². The van der Waals surface area contributed by atoms with E-state index in [9.17, 15) is 9.59 Å². The van der Waals surface area contributed by atoms with Crippen LogP contribution in [0.5, 0.6) is 0 Å². The Balaban J connectivity index is 0.00000462. The molecule has 0 unspecified atom stereocenters. The number of benzene rings is 4. The second-order valence-electron chi connectivity index (χ2n) is 9.77. The van der Waals surface area contributed by atoms with Gasteiger partial charge in [0.1, 0.15) is 0 Å². The summed E-state index contributed by atoms with van der Waals surface area (Å²) in [6.07, 6.45) is 5.47. The molecule has 0 fully saturated rings. The number of ketones is 2. The minimum Gasteiger partial charge on any atom is -0.386 e. The minimum atomic E-state index is 0. The summed E-state index contributed by atoms with van der Waals surface area (Å²) in [7, 11) is 0. The first-order chi connectivity index (χ1) is 19.6. The number of carbonyl (C=O) groups is 2. The second kappa shape index (κ2) is 17.5. The van der Waals surface area contributed by atoms with Crippen molar-refractivity contribution in [3.8, 4) is 0 Å². The molecule has 4 aromatic carbocycles. The maximum Gasteiger partial charge on any atom is 2.00 e. The molecule has 4 aromatic rings. The summed E-state index contributed by atoms with van der Waals surface area (Å²) in [5.41, 5.74) is 6.03. The van der Waals surface area contributed by atoms with Gasteiger partial charge in [0.15, 0.2) is 11.6 Å². The number of hydrogen-bond acceptors (Lipinski definition) is 4. The Morgan fingerprint density at radius 2 is 0.707 bits per heavy atom. The van der Waals surface area contributed by atoms with Crippen molar-refractivity contribution >= 4 is 11.6 Å². The molecule has 4 rings (SSSR count). The summed E-state index contributed by atoms with van der Waals surface area (Å²) in [4.78, 5) is 25.7. The molecule has 0 bridgehead atoms. The van der Waals surface area contributed by atoms with Gasteiger partial charge in [-0.3, -0.25) is 9.59 Å². The van der Waals surface area contributed by atoms with Crippen LogP contribution in [0.3, 0.4) is 0 Å². The van der Waals surface area contributed by atoms with E-state index < -0.39 is 0 Å². The summed E-state index contributed by atoms with van der Waals surface area (Å²) in [6, 6.07) is 39.9. The van der Waals surface area contributed by atoms with Crippen LogP contribution in [0.1, 0.15) is 22.3 Å². The maximum atomic E-state index is 12.8. The minimum absolute atomic E-state index is 0. The zero-order chi connectivity index (χ0) is 27.8. The van der Waals surface area contributed by atoms with Gasteiger partial charge in [0, 0.05) is 62.3 Å². The first-order valence-electron chi connectivity index (χ1n) is 13.7. The van der Waals surface area contributed by atoms with Crippen molar-refractivity contribution in [3.05, 3.63) is 167 Å². The van der Waals surface area contributed by atoms with Gasteiger partial charge in [0.25, 0.3) is 0 Å². The monoisotopic (exact) mass is 591 g/mol. The van der Waals surface area contributed by atoms with Crippen molar-refractivity contribution in [1.82, 2.24) is 10.6 Å². The van der Waals surface area contributed by atoms with Crippen LogP contribution >= 0.6 is 0 Å². The molecule has 0 spiro atoms. The van der Waals surface area contributed by atoms with Crippen LogP contribution in [0.4, 0.5) is 0 Å². The van der Waals surface area contributed by atoms with E-state index in [1.54, 1.807) is 12.2 Å². The Labute approximate surface area is 254 Å². The fraction of sp³-hybridized carbons (Fsp3) is 0.167. The number of rotatable bonds is 15. The predicted octanol–water partition coefficient (Wildman–Crippen LogP) is 6.04. The van der Waals surface area contributed by atoms with Crippen LogP contribution in [0.2, 0.25) is 0 Å². The molecule has 41 heavy (non-hydrogen) atoms. The summed E-state index contributed by atoms with van der Waals surface area (Å²) < 4.78 is 0. The summed E-state index contributed by atoms with van der Waals surface area (Å²) in [6.45, 7) is 1.21. The van der Waals surface area contributed by atoms with Crippen molar-refractivity contribution < 1.29 is 26.7 Å². The first-order valence-corrected chi connectivity index (χ1v) is 13.7. The Morgan fingerprint density at radius 1 is 0.439 bits per heavy atom. The topological polar surface area (TPSA) is 58.2 Å². The molecule has 2 N–H and O–H groups in total. The van der Waals surface area contributed by atoms with Gasteiger partial charge in [-0.15, -0.1) is 0 Å². The molecule has 0 atom stereocenters. The van der Waals surface area contributed by atoms with E-state index in [1.165, 1.54) is 0 Å². The van der Waals surface area contributed by atoms with Gasteiger partial charge in [-0.2, -0.15) is 0 Å². The standard InChI is InChI=1S/C36H36N2O2.Cu/c39-35(25-31-17-9-3-10-18-31)27-33(23-29-13-5-1-6-14-29)37-21-22-38-34(24-30-15-7-2-8-16-30)28-36(40)26-32-19-11-4-12-20-32;/h1-20,27-28,37-38H,21-26H2;/q;+2/b33-27-,34-28-;. The number of allylic oxidation sites excluding steroid dienone is 4. The normalized spacial score (nSPS) is 11.3. The third-order valence-electron chi connectivity index (χ3n) is 6.42. The number of hydrogen-bond donors (Lipinski definition) is 2. The van der Waals surface area contributed by atoms with Gasteiger partial charge in [-0.25, -0.2) is 0 Å². The molecule has 5 heteroatoms. The van der Waals surface area contributed by atoms with Crippen molar-refractivity contribution in [2.75, 3.05) is 13.1 Å². The molecule has 4 nitrogen and oxygen atoms in total. The SMILES string of the molecule is O=C(/C=C(/Cc1ccccc1)NCCN/C(=C\C(=O)Cc1ccccc1)Cc1ccccc1)Cc1ccccc1.[Cu+2]. The van der Waals surface area contributed by atoms with E-state index in [-0.39, 0.29) is 28.6 Å². The van der Waals surface area contributed by atoms with Crippen molar-refractivity contribution in [3.63, 3.8) is 0 Å². The Hall–Kier alpha value is -4.18. The fourth-order valence-electron chi connectivity index (χ4n) is 4.49. The Kier molecular flexibility index (Phi) is 13.4.